The van der Waals surface area contributed by atoms with Gasteiger partial charge in [0.1, 0.15) is 11.5 Å². The second kappa shape index (κ2) is 6.13. The number of aryl methyl sites for hydroxylation is 1. The molecule has 0 saturated carbocycles. The van der Waals surface area contributed by atoms with Crippen molar-refractivity contribution in [3.8, 4) is 11.5 Å². The Labute approximate surface area is 122 Å². The first kappa shape index (κ1) is 14.7. The second-order valence-electron chi connectivity index (χ2n) is 4.61. The van der Waals surface area contributed by atoms with Crippen LogP contribution in [0.3, 0.4) is 0 Å². The van der Waals surface area contributed by atoms with Crippen LogP contribution in [0.4, 0.5) is 0 Å². The molecule has 0 aliphatic heterocycles. The maximum absolute atomic E-state index is 11.5. The van der Waals surface area contributed by atoms with E-state index in [0.717, 1.165) is 5.56 Å². The number of carboxylic acids is 1. The number of carboxylic acid groups (broad SMARTS) is 1. The zero-order valence-corrected chi connectivity index (χ0v) is 11.8. The van der Waals surface area contributed by atoms with Gasteiger partial charge in [0, 0.05) is 5.56 Å². The van der Waals surface area contributed by atoms with E-state index >= 15 is 0 Å². The molecule has 0 bridgehead atoms. The normalized spacial score (nSPS) is 11.2. The second-order valence-corrected chi connectivity index (χ2v) is 4.61. The first-order chi connectivity index (χ1) is 10.0. The largest absolute Gasteiger partial charge is 0.507 e. The molecule has 2 N–H and O–H groups in total. The first-order valence-electron chi connectivity index (χ1n) is 6.41. The van der Waals surface area contributed by atoms with Crippen LogP contribution in [0, 0.1) is 6.92 Å². The summed E-state index contributed by atoms with van der Waals surface area (Å²) in [7, 11) is 1.57. The van der Waals surface area contributed by atoms with Gasteiger partial charge in [-0.3, -0.25) is 0 Å². The maximum atomic E-state index is 11.5. The van der Waals surface area contributed by atoms with Gasteiger partial charge >= 0.3 is 5.97 Å². The average Bonchev–Trinajstić information content (AvgIpc) is 2.46. The molecular weight excluding hydrogens is 268 g/mol. The summed E-state index contributed by atoms with van der Waals surface area (Å²) < 4.78 is 5.17. The lowest BCUT2D eigenvalue weighted by molar-refractivity contribution is -0.130. The van der Waals surface area contributed by atoms with Gasteiger partial charge in [0.15, 0.2) is 0 Å². The van der Waals surface area contributed by atoms with Gasteiger partial charge in [0.05, 0.1) is 12.7 Å². The van der Waals surface area contributed by atoms with Crippen LogP contribution in [0.1, 0.15) is 16.7 Å². The highest BCUT2D eigenvalue weighted by atomic mass is 16.5. The van der Waals surface area contributed by atoms with Gasteiger partial charge in [0.25, 0.3) is 0 Å². The Bertz CT molecular complexity index is 702. The van der Waals surface area contributed by atoms with Crippen molar-refractivity contribution in [1.29, 1.82) is 0 Å². The van der Waals surface area contributed by atoms with Crippen molar-refractivity contribution in [3.05, 3.63) is 59.2 Å². The van der Waals surface area contributed by atoms with Crippen LogP contribution in [0.2, 0.25) is 0 Å². The Hall–Kier alpha value is -2.75. The van der Waals surface area contributed by atoms with Gasteiger partial charge in [-0.1, -0.05) is 24.3 Å². The number of ether oxygens (including phenoxy) is 1. The highest BCUT2D eigenvalue weighted by Crippen LogP contribution is 2.27. The monoisotopic (exact) mass is 284 g/mol. The summed E-state index contributed by atoms with van der Waals surface area (Å²) in [6.07, 6.45) is 1.46. The topological polar surface area (TPSA) is 66.8 Å². The fourth-order valence-corrected chi connectivity index (χ4v) is 2.08. The van der Waals surface area contributed by atoms with Gasteiger partial charge in [0.2, 0.25) is 0 Å². The number of phenolic OH excluding ortho intramolecular Hbond substituents is 1. The summed E-state index contributed by atoms with van der Waals surface area (Å²) in [5.41, 5.74) is 1.98. The molecular formula is C17H16O4. The minimum atomic E-state index is -1.05. The lowest BCUT2D eigenvalue weighted by atomic mass is 10.0. The fourth-order valence-electron chi connectivity index (χ4n) is 2.08. The van der Waals surface area contributed by atoms with E-state index in [1.165, 1.54) is 12.1 Å². The molecule has 2 rings (SSSR count). The summed E-state index contributed by atoms with van der Waals surface area (Å²) in [5, 5.41) is 19.2. The van der Waals surface area contributed by atoms with Crippen LogP contribution in [0.5, 0.6) is 11.5 Å². The third-order valence-electron chi connectivity index (χ3n) is 3.17. The van der Waals surface area contributed by atoms with Crippen molar-refractivity contribution in [2.75, 3.05) is 7.11 Å². The Balaban J connectivity index is 2.52. The summed E-state index contributed by atoms with van der Waals surface area (Å²) in [4.78, 5) is 11.5. The SMILES string of the molecule is COc1ccc(/C(=C/c2ccccc2O)C(=O)O)cc1C. The Morgan fingerprint density at radius 1 is 1.19 bits per heavy atom. The van der Waals surface area contributed by atoms with Gasteiger partial charge in [-0.25, -0.2) is 4.79 Å². The average molecular weight is 284 g/mol. The number of hydrogen-bond donors (Lipinski definition) is 2. The molecule has 0 radical (unpaired) electrons. The van der Waals surface area contributed by atoms with Gasteiger partial charge in [-0.15, -0.1) is 0 Å². The van der Waals surface area contributed by atoms with Crippen molar-refractivity contribution in [1.82, 2.24) is 0 Å². The van der Waals surface area contributed by atoms with E-state index in [-0.39, 0.29) is 11.3 Å². The molecule has 0 fully saturated rings. The van der Waals surface area contributed by atoms with Gasteiger partial charge in [-0.05, 0) is 42.3 Å². The van der Waals surface area contributed by atoms with E-state index in [1.807, 2.05) is 6.92 Å². The molecule has 21 heavy (non-hydrogen) atoms. The standard InChI is InChI=1S/C17H16O4/c1-11-9-12(7-8-16(11)21-2)14(17(19)20)10-13-5-3-4-6-15(13)18/h3-10,18H,1-2H3,(H,19,20)/b14-10-. The van der Waals surface area contributed by atoms with Crippen molar-refractivity contribution in [2.24, 2.45) is 0 Å². The lowest BCUT2D eigenvalue weighted by Crippen LogP contribution is -2.00. The van der Waals surface area contributed by atoms with Crippen LogP contribution in [-0.4, -0.2) is 23.3 Å². The molecule has 108 valence electrons. The molecule has 0 amide bonds. The van der Waals surface area contributed by atoms with E-state index in [2.05, 4.69) is 0 Å². The lowest BCUT2D eigenvalue weighted by Gasteiger charge is -2.09. The quantitative estimate of drug-likeness (QED) is 0.667. The molecule has 4 heteroatoms. The van der Waals surface area contributed by atoms with Crippen LogP contribution >= 0.6 is 0 Å². The first-order valence-corrected chi connectivity index (χ1v) is 6.41. The molecule has 0 aliphatic carbocycles. The fraction of sp³-hybridized carbons (Fsp3) is 0.118. The molecule has 2 aromatic carbocycles. The minimum absolute atomic E-state index is 0.0430. The zero-order chi connectivity index (χ0) is 15.4. The summed E-state index contributed by atoms with van der Waals surface area (Å²) >= 11 is 0. The highest BCUT2D eigenvalue weighted by Gasteiger charge is 2.13. The van der Waals surface area contributed by atoms with Crippen molar-refractivity contribution < 1.29 is 19.7 Å². The van der Waals surface area contributed by atoms with Crippen molar-refractivity contribution in [3.63, 3.8) is 0 Å². The molecule has 0 atom stereocenters. The number of benzene rings is 2. The molecule has 0 heterocycles. The van der Waals surface area contributed by atoms with Crippen LogP contribution in [-0.2, 0) is 4.79 Å². The third kappa shape index (κ3) is 3.23. The molecule has 0 aromatic heterocycles. The molecule has 2 aromatic rings. The minimum Gasteiger partial charge on any atom is -0.507 e. The summed E-state index contributed by atoms with van der Waals surface area (Å²) in [6.45, 7) is 1.85. The highest BCUT2D eigenvalue weighted by molar-refractivity contribution is 6.20. The number of hydrogen-bond acceptors (Lipinski definition) is 3. The van der Waals surface area contributed by atoms with Crippen molar-refractivity contribution in [2.45, 2.75) is 6.92 Å². The van der Waals surface area contributed by atoms with E-state index in [4.69, 9.17) is 4.74 Å². The molecule has 4 nitrogen and oxygen atoms in total. The van der Waals surface area contributed by atoms with Gasteiger partial charge in [-0.2, -0.15) is 0 Å². The van der Waals surface area contributed by atoms with Crippen molar-refractivity contribution >= 4 is 17.6 Å². The zero-order valence-electron chi connectivity index (χ0n) is 11.8. The maximum Gasteiger partial charge on any atom is 0.336 e. The third-order valence-corrected chi connectivity index (χ3v) is 3.17. The summed E-state index contributed by atoms with van der Waals surface area (Å²) in [6, 6.07) is 11.8. The Morgan fingerprint density at radius 3 is 2.48 bits per heavy atom. The van der Waals surface area contributed by atoms with Crippen LogP contribution in [0.25, 0.3) is 11.6 Å². The predicted octanol–water partition coefficient (Wildman–Crippen LogP) is 3.33. The molecule has 0 unspecified atom stereocenters. The number of aliphatic carboxylic acids is 1. The Morgan fingerprint density at radius 2 is 1.90 bits per heavy atom. The Kier molecular flexibility index (Phi) is 4.28. The van der Waals surface area contributed by atoms with Crippen LogP contribution < -0.4 is 4.74 Å². The van der Waals surface area contributed by atoms with Gasteiger partial charge < -0.3 is 14.9 Å². The number of para-hydroxylation sites is 1. The van der Waals surface area contributed by atoms with E-state index in [9.17, 15) is 15.0 Å². The van der Waals surface area contributed by atoms with E-state index in [1.54, 1.807) is 43.5 Å². The van der Waals surface area contributed by atoms with E-state index in [0.29, 0.717) is 16.9 Å². The number of aromatic hydroxyl groups is 1. The number of rotatable bonds is 4. The van der Waals surface area contributed by atoms with E-state index < -0.39 is 5.97 Å². The molecule has 0 saturated heterocycles. The molecule has 0 spiro atoms. The molecule has 0 aliphatic rings. The number of carbonyl (C=O) groups is 1. The summed E-state index contributed by atoms with van der Waals surface area (Å²) in [5.74, 6) is -0.310. The van der Waals surface area contributed by atoms with Crippen LogP contribution in [0.15, 0.2) is 42.5 Å². The smallest absolute Gasteiger partial charge is 0.336 e. The predicted molar refractivity (Wildman–Crippen MR) is 81.3 cm³/mol. The number of methoxy groups -OCH3 is 1. The number of phenols is 1.